The Bertz CT molecular complexity index is 460. The van der Waals surface area contributed by atoms with E-state index < -0.39 is 0 Å². The van der Waals surface area contributed by atoms with Crippen LogP contribution in [0, 0.1) is 13.8 Å². The summed E-state index contributed by atoms with van der Waals surface area (Å²) in [7, 11) is 0. The monoisotopic (exact) mass is 202 g/mol. The summed E-state index contributed by atoms with van der Waals surface area (Å²) < 4.78 is 1.84. The first-order valence-corrected chi connectivity index (χ1v) is 4.86. The first-order chi connectivity index (χ1) is 7.18. The molecule has 0 amide bonds. The summed E-state index contributed by atoms with van der Waals surface area (Å²) >= 11 is 0. The lowest BCUT2D eigenvalue weighted by Gasteiger charge is -2.09. The fourth-order valence-corrected chi connectivity index (χ4v) is 1.50. The standard InChI is InChI=1S/C11H14N4/c1-8-6-13-10(9(2)11(8)12)7-15-5-3-4-14-15/h3-6H,7H2,1-2H3,(H2,12,13). The number of pyridine rings is 1. The molecule has 2 N–H and O–H groups in total. The topological polar surface area (TPSA) is 56.7 Å². The molecule has 0 unspecified atom stereocenters. The van der Waals surface area contributed by atoms with Crippen molar-refractivity contribution in [2.24, 2.45) is 0 Å². The predicted octanol–water partition coefficient (Wildman–Crippen LogP) is 1.53. The molecule has 78 valence electrons. The van der Waals surface area contributed by atoms with Gasteiger partial charge in [0.15, 0.2) is 0 Å². The smallest absolute Gasteiger partial charge is 0.0834 e. The van der Waals surface area contributed by atoms with Crippen molar-refractivity contribution in [2.45, 2.75) is 20.4 Å². The van der Waals surface area contributed by atoms with Crippen molar-refractivity contribution < 1.29 is 0 Å². The molecule has 0 radical (unpaired) electrons. The number of aryl methyl sites for hydroxylation is 1. The number of nitrogens with two attached hydrogens (primary N) is 1. The molecule has 0 saturated carbocycles. The average molecular weight is 202 g/mol. The van der Waals surface area contributed by atoms with Gasteiger partial charge in [-0.05, 0) is 31.0 Å². The van der Waals surface area contributed by atoms with Crippen LogP contribution in [0.15, 0.2) is 24.7 Å². The first kappa shape index (κ1) is 9.71. The molecule has 2 heterocycles. The van der Waals surface area contributed by atoms with Gasteiger partial charge in [-0.2, -0.15) is 5.10 Å². The van der Waals surface area contributed by atoms with Gasteiger partial charge in [-0.15, -0.1) is 0 Å². The summed E-state index contributed by atoms with van der Waals surface area (Å²) in [5, 5.41) is 4.14. The Hall–Kier alpha value is -1.84. The molecule has 0 aliphatic carbocycles. The largest absolute Gasteiger partial charge is 0.398 e. The summed E-state index contributed by atoms with van der Waals surface area (Å²) in [6, 6.07) is 1.90. The van der Waals surface area contributed by atoms with E-state index in [0.717, 1.165) is 22.5 Å². The highest BCUT2D eigenvalue weighted by molar-refractivity contribution is 5.53. The van der Waals surface area contributed by atoms with Crippen LogP contribution in [0.3, 0.4) is 0 Å². The zero-order valence-electron chi connectivity index (χ0n) is 8.94. The Kier molecular flexibility index (Phi) is 2.41. The lowest BCUT2D eigenvalue weighted by atomic mass is 10.1. The molecule has 0 aliphatic rings. The lowest BCUT2D eigenvalue weighted by Crippen LogP contribution is -2.07. The predicted molar refractivity (Wildman–Crippen MR) is 59.5 cm³/mol. The van der Waals surface area contributed by atoms with Gasteiger partial charge in [0.1, 0.15) is 0 Å². The van der Waals surface area contributed by atoms with Crippen molar-refractivity contribution in [3.05, 3.63) is 41.5 Å². The molecule has 2 aromatic heterocycles. The molecule has 0 saturated heterocycles. The Morgan fingerprint density at radius 3 is 2.87 bits per heavy atom. The van der Waals surface area contributed by atoms with Crippen LogP contribution in [0.1, 0.15) is 16.8 Å². The highest BCUT2D eigenvalue weighted by Crippen LogP contribution is 2.18. The summed E-state index contributed by atoms with van der Waals surface area (Å²) in [5.41, 5.74) is 9.81. The maximum Gasteiger partial charge on any atom is 0.0834 e. The van der Waals surface area contributed by atoms with Gasteiger partial charge >= 0.3 is 0 Å². The summed E-state index contributed by atoms with van der Waals surface area (Å²) in [6.45, 7) is 4.63. The first-order valence-electron chi connectivity index (χ1n) is 4.86. The molecule has 15 heavy (non-hydrogen) atoms. The molecular weight excluding hydrogens is 188 g/mol. The molecule has 0 bridgehead atoms. The third kappa shape index (κ3) is 1.83. The van der Waals surface area contributed by atoms with Gasteiger partial charge in [-0.1, -0.05) is 0 Å². The lowest BCUT2D eigenvalue weighted by molar-refractivity contribution is 0.669. The highest BCUT2D eigenvalue weighted by atomic mass is 15.3. The van der Waals surface area contributed by atoms with Crippen LogP contribution in [-0.4, -0.2) is 14.8 Å². The van der Waals surface area contributed by atoms with Crippen LogP contribution in [-0.2, 0) is 6.54 Å². The second-order valence-electron chi connectivity index (χ2n) is 3.63. The van der Waals surface area contributed by atoms with Gasteiger partial charge in [0, 0.05) is 24.3 Å². The van der Waals surface area contributed by atoms with E-state index in [2.05, 4.69) is 10.1 Å². The number of hydrogen-bond acceptors (Lipinski definition) is 3. The van der Waals surface area contributed by atoms with Crippen LogP contribution in [0.5, 0.6) is 0 Å². The van der Waals surface area contributed by atoms with E-state index in [1.165, 1.54) is 0 Å². The molecule has 2 aromatic rings. The summed E-state index contributed by atoms with van der Waals surface area (Å²) in [5.74, 6) is 0. The Labute approximate surface area is 88.8 Å². The number of aromatic nitrogens is 3. The second kappa shape index (κ2) is 3.73. The zero-order valence-corrected chi connectivity index (χ0v) is 8.94. The fourth-order valence-electron chi connectivity index (χ4n) is 1.50. The van der Waals surface area contributed by atoms with E-state index in [9.17, 15) is 0 Å². The minimum absolute atomic E-state index is 0.670. The SMILES string of the molecule is Cc1cnc(Cn2cccn2)c(C)c1N. The summed E-state index contributed by atoms with van der Waals surface area (Å²) in [4.78, 5) is 4.37. The Balaban J connectivity index is 2.34. The van der Waals surface area contributed by atoms with Gasteiger partial charge in [0.25, 0.3) is 0 Å². The van der Waals surface area contributed by atoms with Gasteiger partial charge < -0.3 is 5.73 Å². The van der Waals surface area contributed by atoms with Crippen LogP contribution in [0.4, 0.5) is 5.69 Å². The van der Waals surface area contributed by atoms with E-state index >= 15 is 0 Å². The third-order valence-electron chi connectivity index (χ3n) is 2.55. The normalized spacial score (nSPS) is 10.5. The molecule has 0 fully saturated rings. The quantitative estimate of drug-likeness (QED) is 0.803. The number of anilines is 1. The molecule has 0 atom stereocenters. The molecule has 4 heteroatoms. The maximum atomic E-state index is 5.94. The van der Waals surface area contributed by atoms with Crippen molar-refractivity contribution in [3.63, 3.8) is 0 Å². The molecule has 0 aromatic carbocycles. The van der Waals surface area contributed by atoms with Gasteiger partial charge in [0.05, 0.1) is 12.2 Å². The van der Waals surface area contributed by atoms with Gasteiger partial charge in [0.2, 0.25) is 0 Å². The van der Waals surface area contributed by atoms with Crippen LogP contribution in [0.2, 0.25) is 0 Å². The minimum atomic E-state index is 0.670. The molecule has 4 nitrogen and oxygen atoms in total. The van der Waals surface area contributed by atoms with E-state index in [-0.39, 0.29) is 0 Å². The van der Waals surface area contributed by atoms with Gasteiger partial charge in [-0.25, -0.2) is 0 Å². The fraction of sp³-hybridized carbons (Fsp3) is 0.273. The molecular formula is C11H14N4. The Morgan fingerprint density at radius 1 is 1.40 bits per heavy atom. The second-order valence-corrected chi connectivity index (χ2v) is 3.63. The third-order valence-corrected chi connectivity index (χ3v) is 2.55. The molecule has 2 rings (SSSR count). The number of hydrogen-bond donors (Lipinski definition) is 1. The van der Waals surface area contributed by atoms with Crippen molar-refractivity contribution in [2.75, 3.05) is 5.73 Å². The number of rotatable bonds is 2. The molecule has 0 aliphatic heterocycles. The summed E-state index contributed by atoms with van der Waals surface area (Å²) in [6.07, 6.45) is 5.48. The molecule has 0 spiro atoms. The van der Waals surface area contributed by atoms with Crippen molar-refractivity contribution in [1.29, 1.82) is 0 Å². The van der Waals surface area contributed by atoms with E-state index in [0.29, 0.717) is 6.54 Å². The van der Waals surface area contributed by atoms with Gasteiger partial charge in [-0.3, -0.25) is 9.67 Å². The van der Waals surface area contributed by atoms with Crippen LogP contribution in [0.25, 0.3) is 0 Å². The van der Waals surface area contributed by atoms with Crippen molar-refractivity contribution >= 4 is 5.69 Å². The zero-order chi connectivity index (χ0) is 10.8. The Morgan fingerprint density at radius 2 is 2.20 bits per heavy atom. The van der Waals surface area contributed by atoms with Crippen LogP contribution >= 0.6 is 0 Å². The number of nitrogen functional groups attached to an aromatic ring is 1. The minimum Gasteiger partial charge on any atom is -0.398 e. The highest BCUT2D eigenvalue weighted by Gasteiger charge is 2.06. The maximum absolute atomic E-state index is 5.94. The van der Waals surface area contributed by atoms with E-state index in [1.54, 1.807) is 12.4 Å². The van der Waals surface area contributed by atoms with Crippen molar-refractivity contribution in [1.82, 2.24) is 14.8 Å². The number of nitrogens with zero attached hydrogens (tertiary/aromatic N) is 3. The van der Waals surface area contributed by atoms with E-state index in [4.69, 9.17) is 5.73 Å². The van der Waals surface area contributed by atoms with E-state index in [1.807, 2.05) is 30.8 Å². The average Bonchev–Trinajstić information content (AvgIpc) is 2.72. The van der Waals surface area contributed by atoms with Crippen LogP contribution < -0.4 is 5.73 Å². The van der Waals surface area contributed by atoms with Crippen molar-refractivity contribution in [3.8, 4) is 0 Å².